The monoisotopic (exact) mass is 349 g/mol. The first kappa shape index (κ1) is 16.7. The number of rotatable bonds is 4. The van der Waals surface area contributed by atoms with Crippen LogP contribution >= 0.6 is 0 Å². The normalized spacial score (nSPS) is 15.1. The van der Waals surface area contributed by atoms with Gasteiger partial charge in [0.1, 0.15) is 5.76 Å². The minimum Gasteiger partial charge on any atom is -0.361 e. The predicted molar refractivity (Wildman–Crippen MR) is 87.3 cm³/mol. The Hall–Kier alpha value is -2.19. The zero-order chi connectivity index (χ0) is 17.3. The van der Waals surface area contributed by atoms with Gasteiger partial charge in [0.05, 0.1) is 12.1 Å². The summed E-state index contributed by atoms with van der Waals surface area (Å²) in [5.41, 5.74) is 3.32. The summed E-state index contributed by atoms with van der Waals surface area (Å²) in [5, 5.41) is 3.77. The summed E-state index contributed by atoms with van der Waals surface area (Å²) in [6.07, 6.45) is 0.556. The summed E-state index contributed by atoms with van der Waals surface area (Å²) >= 11 is 0. The molecular formula is C16H19N3O4S. The zero-order valence-electron chi connectivity index (χ0n) is 13.6. The van der Waals surface area contributed by atoms with Gasteiger partial charge in [0.2, 0.25) is 5.91 Å². The first-order chi connectivity index (χ1) is 11.4. The summed E-state index contributed by atoms with van der Waals surface area (Å²) in [7, 11) is -3.87. The lowest BCUT2D eigenvalue weighted by Crippen LogP contribution is -2.46. The van der Waals surface area contributed by atoms with E-state index in [2.05, 4.69) is 9.88 Å². The maximum Gasteiger partial charge on any atom is 0.304 e. The number of benzene rings is 1. The van der Waals surface area contributed by atoms with Gasteiger partial charge in [0.25, 0.3) is 0 Å². The van der Waals surface area contributed by atoms with Gasteiger partial charge in [-0.3, -0.25) is 4.79 Å². The molecule has 0 unspecified atom stereocenters. The number of nitrogens with one attached hydrogen (secondary N) is 1. The number of hydrogen-bond donors (Lipinski definition) is 1. The van der Waals surface area contributed by atoms with E-state index in [9.17, 15) is 13.2 Å². The van der Waals surface area contributed by atoms with Crippen LogP contribution in [0.4, 0.5) is 0 Å². The average Bonchev–Trinajstić information content (AvgIpc) is 2.86. The van der Waals surface area contributed by atoms with Gasteiger partial charge in [-0.15, -0.1) is 0 Å². The molecule has 8 heteroatoms. The first-order valence-corrected chi connectivity index (χ1v) is 9.10. The van der Waals surface area contributed by atoms with Gasteiger partial charge in [-0.05, 0) is 31.4 Å². The zero-order valence-corrected chi connectivity index (χ0v) is 14.4. The molecule has 128 valence electrons. The summed E-state index contributed by atoms with van der Waals surface area (Å²) in [5.74, 6) is -0.0739. The van der Waals surface area contributed by atoms with Crippen molar-refractivity contribution in [1.82, 2.24) is 14.2 Å². The number of fused-ring (bicyclic) bond motifs is 1. The van der Waals surface area contributed by atoms with Crippen LogP contribution < -0.4 is 4.72 Å². The minimum absolute atomic E-state index is 0.0785. The van der Waals surface area contributed by atoms with E-state index in [1.807, 2.05) is 24.3 Å². The quantitative estimate of drug-likeness (QED) is 0.897. The van der Waals surface area contributed by atoms with E-state index in [0.717, 1.165) is 11.1 Å². The number of amides is 1. The van der Waals surface area contributed by atoms with Crippen molar-refractivity contribution in [3.8, 4) is 0 Å². The Morgan fingerprint density at radius 2 is 2.00 bits per heavy atom. The van der Waals surface area contributed by atoms with Gasteiger partial charge in [0, 0.05) is 18.7 Å². The van der Waals surface area contributed by atoms with Gasteiger partial charge in [-0.25, -0.2) is 4.72 Å². The van der Waals surface area contributed by atoms with Gasteiger partial charge in [-0.2, -0.15) is 12.7 Å². The molecule has 0 saturated carbocycles. The van der Waals surface area contributed by atoms with Gasteiger partial charge >= 0.3 is 10.2 Å². The van der Waals surface area contributed by atoms with E-state index in [-0.39, 0.29) is 13.0 Å². The number of nitrogens with zero attached hydrogens (tertiary/aromatic N) is 2. The molecule has 0 fully saturated rings. The van der Waals surface area contributed by atoms with Crippen molar-refractivity contribution in [2.75, 3.05) is 6.54 Å². The van der Waals surface area contributed by atoms with Gasteiger partial charge < -0.3 is 4.52 Å². The Bertz CT molecular complexity index is 854. The Labute approximate surface area is 140 Å². The lowest BCUT2D eigenvalue weighted by atomic mass is 10.0. The van der Waals surface area contributed by atoms with E-state index < -0.39 is 16.1 Å². The minimum atomic E-state index is -3.87. The lowest BCUT2D eigenvalue weighted by Gasteiger charge is -2.27. The Balaban J connectivity index is 1.69. The van der Waals surface area contributed by atoms with Crippen LogP contribution in [0.1, 0.15) is 28.1 Å². The molecular weight excluding hydrogens is 330 g/mol. The fourth-order valence-corrected chi connectivity index (χ4v) is 3.96. The maximum atomic E-state index is 12.5. The second kappa shape index (κ2) is 6.37. The van der Waals surface area contributed by atoms with Crippen LogP contribution in [0.25, 0.3) is 0 Å². The summed E-state index contributed by atoms with van der Waals surface area (Å²) in [6.45, 7) is 4.03. The Kier molecular flexibility index (Phi) is 4.42. The molecule has 1 amide bonds. The number of aromatic nitrogens is 1. The molecule has 3 rings (SSSR count). The van der Waals surface area contributed by atoms with E-state index in [1.165, 1.54) is 4.31 Å². The van der Waals surface area contributed by atoms with Crippen LogP contribution in [0.15, 0.2) is 28.8 Å². The summed E-state index contributed by atoms with van der Waals surface area (Å²) < 4.78 is 33.3. The molecule has 7 nitrogen and oxygen atoms in total. The number of aryl methyl sites for hydroxylation is 2. The lowest BCUT2D eigenvalue weighted by molar-refractivity contribution is -0.118. The molecule has 0 bridgehead atoms. The Morgan fingerprint density at radius 3 is 2.67 bits per heavy atom. The molecule has 24 heavy (non-hydrogen) atoms. The van der Waals surface area contributed by atoms with Crippen molar-refractivity contribution < 1.29 is 17.7 Å². The Morgan fingerprint density at radius 1 is 1.29 bits per heavy atom. The SMILES string of the molecule is Cc1noc(C)c1CC(=O)NS(=O)(=O)N1CCc2ccccc2C1. The molecule has 1 aromatic carbocycles. The molecule has 2 heterocycles. The third-order valence-corrected chi connectivity index (χ3v) is 5.67. The highest BCUT2D eigenvalue weighted by molar-refractivity contribution is 7.87. The van der Waals surface area contributed by atoms with E-state index in [1.54, 1.807) is 13.8 Å². The van der Waals surface area contributed by atoms with Crippen LogP contribution in [0, 0.1) is 13.8 Å². The van der Waals surface area contributed by atoms with Crippen LogP contribution in [-0.4, -0.2) is 30.3 Å². The second-order valence-electron chi connectivity index (χ2n) is 5.86. The largest absolute Gasteiger partial charge is 0.361 e. The van der Waals surface area contributed by atoms with E-state index in [4.69, 9.17) is 4.52 Å². The van der Waals surface area contributed by atoms with Crippen LogP contribution in [0.5, 0.6) is 0 Å². The molecule has 0 saturated heterocycles. The second-order valence-corrected chi connectivity index (χ2v) is 7.53. The molecule has 1 N–H and O–H groups in total. The highest BCUT2D eigenvalue weighted by Gasteiger charge is 2.28. The molecule has 1 aromatic heterocycles. The van der Waals surface area contributed by atoms with Crippen molar-refractivity contribution in [2.45, 2.75) is 33.2 Å². The van der Waals surface area contributed by atoms with E-state index in [0.29, 0.717) is 30.0 Å². The summed E-state index contributed by atoms with van der Waals surface area (Å²) in [6, 6.07) is 7.72. The van der Waals surface area contributed by atoms with Crippen molar-refractivity contribution in [2.24, 2.45) is 0 Å². The van der Waals surface area contributed by atoms with E-state index >= 15 is 0 Å². The van der Waals surface area contributed by atoms with Crippen molar-refractivity contribution >= 4 is 16.1 Å². The third-order valence-electron chi connectivity index (χ3n) is 4.20. The number of carbonyl (C=O) groups is 1. The number of hydrogen-bond acceptors (Lipinski definition) is 5. The van der Waals surface area contributed by atoms with Crippen LogP contribution in [0.3, 0.4) is 0 Å². The maximum absolute atomic E-state index is 12.5. The average molecular weight is 349 g/mol. The van der Waals surface area contributed by atoms with Crippen LogP contribution in [-0.2, 0) is 34.4 Å². The molecule has 1 aliphatic rings. The highest BCUT2D eigenvalue weighted by Crippen LogP contribution is 2.20. The van der Waals surface area contributed by atoms with Crippen LogP contribution in [0.2, 0.25) is 0 Å². The molecule has 2 aromatic rings. The smallest absolute Gasteiger partial charge is 0.304 e. The van der Waals surface area contributed by atoms with Crippen molar-refractivity contribution in [3.63, 3.8) is 0 Å². The topological polar surface area (TPSA) is 92.5 Å². The fourth-order valence-electron chi connectivity index (χ4n) is 2.83. The standard InChI is InChI=1S/C16H19N3O4S/c1-11-15(12(2)23-17-11)9-16(20)18-24(21,22)19-8-7-13-5-3-4-6-14(13)10-19/h3-6H,7-10H2,1-2H3,(H,18,20). The summed E-state index contributed by atoms with van der Waals surface area (Å²) in [4.78, 5) is 12.1. The molecule has 0 radical (unpaired) electrons. The molecule has 0 atom stereocenters. The van der Waals surface area contributed by atoms with Gasteiger partial charge in [-0.1, -0.05) is 29.4 Å². The van der Waals surface area contributed by atoms with Crippen molar-refractivity contribution in [3.05, 3.63) is 52.4 Å². The first-order valence-electron chi connectivity index (χ1n) is 7.66. The highest BCUT2D eigenvalue weighted by atomic mass is 32.2. The molecule has 1 aliphatic heterocycles. The molecule has 0 aliphatic carbocycles. The fraction of sp³-hybridized carbons (Fsp3) is 0.375. The predicted octanol–water partition coefficient (Wildman–Crippen LogP) is 1.25. The van der Waals surface area contributed by atoms with Crippen molar-refractivity contribution in [1.29, 1.82) is 0 Å². The third kappa shape index (κ3) is 3.34. The van der Waals surface area contributed by atoms with Gasteiger partial charge in [0.15, 0.2) is 0 Å². The number of carbonyl (C=O) groups excluding carboxylic acids is 1. The molecule has 0 spiro atoms.